The monoisotopic (exact) mass is 548 g/mol. The van der Waals surface area contributed by atoms with E-state index in [-0.39, 0.29) is 37.8 Å². The van der Waals surface area contributed by atoms with Crippen LogP contribution in [-0.4, -0.2) is 84.9 Å². The van der Waals surface area contributed by atoms with Gasteiger partial charge in [0, 0.05) is 23.8 Å². The Morgan fingerprint density at radius 1 is 0.947 bits per heavy atom. The summed E-state index contributed by atoms with van der Waals surface area (Å²) in [5.74, 6) is 0.0191. The van der Waals surface area contributed by atoms with Crippen molar-refractivity contribution < 1.29 is 40.5 Å². The lowest BCUT2D eigenvalue weighted by molar-refractivity contribution is -0.122. The number of aliphatic hydroxyl groups excluding tert-OH is 6. The molecule has 0 spiro atoms. The summed E-state index contributed by atoms with van der Waals surface area (Å²) in [6, 6.07) is 11.5. The maximum Gasteiger partial charge on any atom is 0.133 e. The minimum Gasteiger partial charge on any atom is -0.508 e. The van der Waals surface area contributed by atoms with Crippen LogP contribution in [0.2, 0.25) is 0 Å². The molecular formula is C29H40O8S. The van der Waals surface area contributed by atoms with Crippen molar-refractivity contribution in [2.75, 3.05) is 19.8 Å². The first-order chi connectivity index (χ1) is 18.0. The molecule has 210 valence electrons. The lowest BCUT2D eigenvalue weighted by Gasteiger charge is -2.40. The lowest BCUT2D eigenvalue weighted by atomic mass is 9.85. The second kappa shape index (κ2) is 13.4. The number of thioether (sulfide) groups is 1. The van der Waals surface area contributed by atoms with E-state index in [0.717, 1.165) is 40.4 Å². The van der Waals surface area contributed by atoms with Crippen molar-refractivity contribution in [1.29, 1.82) is 0 Å². The van der Waals surface area contributed by atoms with E-state index < -0.39 is 34.2 Å². The summed E-state index contributed by atoms with van der Waals surface area (Å²) < 4.78 is 0. The number of hydrogen-bond donors (Lipinski definition) is 7. The molecule has 0 unspecified atom stereocenters. The zero-order valence-electron chi connectivity index (χ0n) is 22.0. The van der Waals surface area contributed by atoms with Gasteiger partial charge in [-0.05, 0) is 54.5 Å². The number of aryl methyl sites for hydroxylation is 2. The Bertz CT molecular complexity index is 1070. The molecule has 1 heterocycles. The van der Waals surface area contributed by atoms with Crippen LogP contribution in [0.25, 0.3) is 0 Å². The third kappa shape index (κ3) is 7.35. The average molecular weight is 549 g/mol. The van der Waals surface area contributed by atoms with E-state index in [1.807, 2.05) is 37.3 Å². The van der Waals surface area contributed by atoms with E-state index in [1.54, 1.807) is 13.0 Å². The number of rotatable bonds is 12. The van der Waals surface area contributed by atoms with Gasteiger partial charge in [-0.2, -0.15) is 0 Å². The Kier molecular flexibility index (Phi) is 10.8. The summed E-state index contributed by atoms with van der Waals surface area (Å²) in [6.45, 7) is 2.76. The number of aliphatic hydroxyl groups is 6. The molecule has 9 heteroatoms. The average Bonchev–Trinajstić information content (AvgIpc) is 2.90. The molecule has 7 N–H and O–H groups in total. The van der Waals surface area contributed by atoms with Crippen molar-refractivity contribution in [3.63, 3.8) is 0 Å². The van der Waals surface area contributed by atoms with Crippen LogP contribution >= 0.6 is 11.8 Å². The summed E-state index contributed by atoms with van der Waals surface area (Å²) in [5.41, 5.74) is 3.64. The van der Waals surface area contributed by atoms with Gasteiger partial charge in [-0.1, -0.05) is 37.3 Å². The highest BCUT2D eigenvalue weighted by molar-refractivity contribution is 8.00. The molecule has 1 aliphatic rings. The van der Waals surface area contributed by atoms with Crippen LogP contribution in [0.15, 0.2) is 36.4 Å². The SMILES string of the molecule is Cc1cc(O)c([C@@H]2S[C@H](CO)[C@@H](O)[C@H](O)[C@H]2O)cc1Cc1ccc(CCCC(=O)CC(C)(CO)CO)cc1. The quantitative estimate of drug-likeness (QED) is 0.210. The third-order valence-electron chi connectivity index (χ3n) is 7.41. The van der Waals surface area contributed by atoms with Crippen molar-refractivity contribution in [2.45, 2.75) is 74.8 Å². The molecule has 5 atom stereocenters. The number of carbonyl (C=O) groups excluding carboxylic acids is 1. The van der Waals surface area contributed by atoms with E-state index in [9.17, 15) is 40.5 Å². The maximum atomic E-state index is 12.2. The predicted molar refractivity (Wildman–Crippen MR) is 146 cm³/mol. The van der Waals surface area contributed by atoms with Crippen molar-refractivity contribution in [3.8, 4) is 5.75 Å². The summed E-state index contributed by atoms with van der Waals surface area (Å²) in [7, 11) is 0. The Labute approximate surface area is 228 Å². The molecule has 1 saturated heterocycles. The van der Waals surface area contributed by atoms with E-state index in [0.29, 0.717) is 24.8 Å². The first kappa shape index (κ1) is 30.6. The largest absolute Gasteiger partial charge is 0.508 e. The van der Waals surface area contributed by atoms with Crippen molar-refractivity contribution in [3.05, 3.63) is 64.2 Å². The zero-order chi connectivity index (χ0) is 28.0. The highest BCUT2D eigenvalue weighted by Gasteiger charge is 2.44. The fourth-order valence-electron chi connectivity index (χ4n) is 4.79. The van der Waals surface area contributed by atoms with Gasteiger partial charge >= 0.3 is 0 Å². The van der Waals surface area contributed by atoms with Gasteiger partial charge < -0.3 is 35.7 Å². The van der Waals surface area contributed by atoms with Gasteiger partial charge in [-0.15, -0.1) is 11.8 Å². The molecule has 1 fully saturated rings. The number of aromatic hydroxyl groups is 1. The minimum atomic E-state index is -1.43. The van der Waals surface area contributed by atoms with Crippen molar-refractivity contribution in [1.82, 2.24) is 0 Å². The number of benzene rings is 2. The molecule has 3 rings (SSSR count). The molecule has 0 aliphatic carbocycles. The highest BCUT2D eigenvalue weighted by Crippen LogP contribution is 2.46. The molecule has 1 aliphatic heterocycles. The molecule has 0 amide bonds. The molecule has 0 saturated carbocycles. The van der Waals surface area contributed by atoms with Gasteiger partial charge in [0.15, 0.2) is 0 Å². The summed E-state index contributed by atoms with van der Waals surface area (Å²) in [6.07, 6.45) is -1.44. The van der Waals surface area contributed by atoms with Gasteiger partial charge in [-0.25, -0.2) is 0 Å². The molecule has 2 aromatic carbocycles. The van der Waals surface area contributed by atoms with Crippen LogP contribution in [-0.2, 0) is 17.6 Å². The molecule has 38 heavy (non-hydrogen) atoms. The number of ketones is 1. The lowest BCUT2D eigenvalue weighted by Crippen LogP contribution is -2.51. The molecule has 0 radical (unpaired) electrons. The third-order valence-corrected chi connectivity index (χ3v) is 9.01. The molecule has 0 bridgehead atoms. The standard InChI is InChI=1S/C29H40O8S/c1-17-10-23(34)22(28-27(37)26(36)25(35)24(14-30)38-28)12-20(17)11-19-8-6-18(7-9-19)4-3-5-21(33)13-29(2,15-31)16-32/h6-10,12,24-28,30-32,34-37H,3-5,11,13-16H2,1-2H3/t24-,25-,26+,27-,28+/m1/s1. The maximum absolute atomic E-state index is 12.2. The molecule has 2 aromatic rings. The minimum absolute atomic E-state index is 0.00809. The Morgan fingerprint density at radius 3 is 2.18 bits per heavy atom. The number of phenols is 1. The predicted octanol–water partition coefficient (Wildman–Crippen LogP) is 1.80. The Morgan fingerprint density at radius 2 is 1.58 bits per heavy atom. The van der Waals surface area contributed by atoms with Gasteiger partial charge in [-0.3, -0.25) is 4.79 Å². The molecular weight excluding hydrogens is 508 g/mol. The Balaban J connectivity index is 1.65. The van der Waals surface area contributed by atoms with Crippen molar-refractivity contribution >= 4 is 17.5 Å². The van der Waals surface area contributed by atoms with Crippen LogP contribution < -0.4 is 0 Å². The zero-order valence-corrected chi connectivity index (χ0v) is 22.8. The fourth-order valence-corrected chi connectivity index (χ4v) is 6.24. The van der Waals surface area contributed by atoms with E-state index >= 15 is 0 Å². The van der Waals surface area contributed by atoms with Gasteiger partial charge in [0.1, 0.15) is 17.6 Å². The van der Waals surface area contributed by atoms with Crippen LogP contribution in [0, 0.1) is 12.3 Å². The van der Waals surface area contributed by atoms with Crippen LogP contribution in [0.5, 0.6) is 5.75 Å². The fraction of sp³-hybridized carbons (Fsp3) is 0.552. The van der Waals surface area contributed by atoms with Crippen LogP contribution in [0.1, 0.15) is 59.3 Å². The summed E-state index contributed by atoms with van der Waals surface area (Å²) in [4.78, 5) is 12.2. The van der Waals surface area contributed by atoms with E-state index in [2.05, 4.69) is 0 Å². The number of carbonyl (C=O) groups is 1. The first-order valence-electron chi connectivity index (χ1n) is 13.0. The number of Topliss-reactive ketones (excluding diaryl/α,β-unsaturated/α-hetero) is 1. The van der Waals surface area contributed by atoms with Gasteiger partial charge in [0.25, 0.3) is 0 Å². The second-order valence-electron chi connectivity index (χ2n) is 10.8. The topological polar surface area (TPSA) is 159 Å². The van der Waals surface area contributed by atoms with E-state index in [4.69, 9.17) is 0 Å². The Hall–Kier alpha value is -1.98. The first-order valence-corrected chi connectivity index (χ1v) is 13.9. The summed E-state index contributed by atoms with van der Waals surface area (Å²) in [5, 5.41) is 68.6. The normalized spacial score (nSPS) is 23.9. The highest BCUT2D eigenvalue weighted by atomic mass is 32.2. The molecule has 0 aromatic heterocycles. The summed E-state index contributed by atoms with van der Waals surface area (Å²) >= 11 is 1.14. The van der Waals surface area contributed by atoms with Crippen LogP contribution in [0.3, 0.4) is 0 Å². The second-order valence-corrected chi connectivity index (χ2v) is 12.2. The van der Waals surface area contributed by atoms with Gasteiger partial charge in [0.05, 0.1) is 42.5 Å². The van der Waals surface area contributed by atoms with E-state index in [1.165, 1.54) is 0 Å². The van der Waals surface area contributed by atoms with Crippen LogP contribution in [0.4, 0.5) is 0 Å². The van der Waals surface area contributed by atoms with Gasteiger partial charge in [0.2, 0.25) is 0 Å². The number of phenolic OH excluding ortho intramolecular Hbond substituents is 1. The molecule has 8 nitrogen and oxygen atoms in total. The number of hydrogen-bond acceptors (Lipinski definition) is 9. The smallest absolute Gasteiger partial charge is 0.133 e. The van der Waals surface area contributed by atoms with Crippen molar-refractivity contribution in [2.24, 2.45) is 5.41 Å².